The molecule has 1 aliphatic heterocycles. The monoisotopic (exact) mass is 238 g/mol. The van der Waals surface area contributed by atoms with Crippen molar-refractivity contribution in [2.75, 3.05) is 19.6 Å². The minimum atomic E-state index is 0.538. The van der Waals surface area contributed by atoms with Gasteiger partial charge in [0.1, 0.15) is 0 Å². The summed E-state index contributed by atoms with van der Waals surface area (Å²) in [4.78, 5) is 2.78. The summed E-state index contributed by atoms with van der Waals surface area (Å²) in [6.07, 6.45) is 8.28. The van der Waals surface area contributed by atoms with Crippen LogP contribution in [0.3, 0.4) is 0 Å². The molecule has 2 rings (SSSR count). The average Bonchev–Trinajstić information content (AvgIpc) is 2.73. The van der Waals surface area contributed by atoms with Gasteiger partial charge in [0.15, 0.2) is 0 Å². The highest BCUT2D eigenvalue weighted by Gasteiger charge is 2.36. The van der Waals surface area contributed by atoms with Crippen LogP contribution in [0, 0.1) is 5.41 Å². The Kier molecular flexibility index (Phi) is 4.48. The zero-order chi connectivity index (χ0) is 12.3. The molecule has 2 aliphatic rings. The lowest BCUT2D eigenvalue weighted by Crippen LogP contribution is -2.52. The van der Waals surface area contributed by atoms with Crippen molar-refractivity contribution in [3.8, 4) is 0 Å². The highest BCUT2D eigenvalue weighted by molar-refractivity contribution is 4.93. The minimum Gasteiger partial charge on any atom is -0.312 e. The number of nitrogens with zero attached hydrogens (tertiary/aromatic N) is 1. The van der Waals surface area contributed by atoms with Crippen LogP contribution in [0.5, 0.6) is 0 Å². The molecule has 2 fully saturated rings. The summed E-state index contributed by atoms with van der Waals surface area (Å²) in [5, 5.41) is 3.76. The van der Waals surface area contributed by atoms with E-state index in [0.29, 0.717) is 5.41 Å². The Hall–Kier alpha value is -0.0800. The average molecular weight is 238 g/mol. The first-order valence-corrected chi connectivity index (χ1v) is 7.60. The van der Waals surface area contributed by atoms with Gasteiger partial charge in [-0.25, -0.2) is 0 Å². The molecule has 100 valence electrons. The minimum absolute atomic E-state index is 0.538. The zero-order valence-electron chi connectivity index (χ0n) is 12.0. The van der Waals surface area contributed by atoms with Crippen molar-refractivity contribution in [2.24, 2.45) is 5.41 Å². The smallest absolute Gasteiger partial charge is 0.0249 e. The van der Waals surface area contributed by atoms with E-state index in [4.69, 9.17) is 0 Å². The van der Waals surface area contributed by atoms with Crippen LogP contribution in [-0.2, 0) is 0 Å². The van der Waals surface area contributed by atoms with E-state index in [0.717, 1.165) is 12.1 Å². The summed E-state index contributed by atoms with van der Waals surface area (Å²) in [5.74, 6) is 0. The highest BCUT2D eigenvalue weighted by Crippen LogP contribution is 2.33. The van der Waals surface area contributed by atoms with E-state index in [1.54, 1.807) is 0 Å². The summed E-state index contributed by atoms with van der Waals surface area (Å²) >= 11 is 0. The van der Waals surface area contributed by atoms with Gasteiger partial charge in [-0.2, -0.15) is 0 Å². The summed E-state index contributed by atoms with van der Waals surface area (Å²) in [6, 6.07) is 1.59. The van der Waals surface area contributed by atoms with E-state index in [9.17, 15) is 0 Å². The quantitative estimate of drug-likeness (QED) is 0.810. The first-order chi connectivity index (χ1) is 8.12. The third kappa shape index (κ3) is 3.45. The second-order valence-electron chi connectivity index (χ2n) is 6.80. The number of likely N-dealkylation sites (tertiary alicyclic amines) is 1. The van der Waals surface area contributed by atoms with Crippen LogP contribution in [0.2, 0.25) is 0 Å². The Morgan fingerprint density at radius 1 is 1.24 bits per heavy atom. The molecule has 0 aromatic heterocycles. The summed E-state index contributed by atoms with van der Waals surface area (Å²) < 4.78 is 0. The second kappa shape index (κ2) is 5.71. The summed E-state index contributed by atoms with van der Waals surface area (Å²) in [6.45, 7) is 11.0. The third-order valence-electron chi connectivity index (χ3n) is 4.54. The highest BCUT2D eigenvalue weighted by atomic mass is 15.2. The fraction of sp³-hybridized carbons (Fsp3) is 1.00. The number of hydrogen-bond donors (Lipinski definition) is 1. The first-order valence-electron chi connectivity index (χ1n) is 7.60. The van der Waals surface area contributed by atoms with Crippen molar-refractivity contribution in [3.05, 3.63) is 0 Å². The molecule has 0 bridgehead atoms. The first kappa shape index (κ1) is 13.4. The van der Waals surface area contributed by atoms with Crippen molar-refractivity contribution in [3.63, 3.8) is 0 Å². The molecule has 2 unspecified atom stereocenters. The van der Waals surface area contributed by atoms with Gasteiger partial charge < -0.3 is 5.32 Å². The predicted octanol–water partition coefficient (Wildman–Crippen LogP) is 3.03. The van der Waals surface area contributed by atoms with E-state index in [2.05, 4.69) is 31.0 Å². The zero-order valence-corrected chi connectivity index (χ0v) is 12.0. The van der Waals surface area contributed by atoms with Gasteiger partial charge in [-0.05, 0) is 50.6 Å². The molecule has 0 radical (unpaired) electrons. The molecular weight excluding hydrogens is 208 g/mol. The third-order valence-corrected chi connectivity index (χ3v) is 4.54. The molecule has 2 nitrogen and oxygen atoms in total. The van der Waals surface area contributed by atoms with Crippen LogP contribution >= 0.6 is 0 Å². The predicted molar refractivity (Wildman–Crippen MR) is 74.3 cm³/mol. The maximum Gasteiger partial charge on any atom is 0.0249 e. The van der Waals surface area contributed by atoms with Gasteiger partial charge in [-0.3, -0.25) is 4.90 Å². The fourth-order valence-electron chi connectivity index (χ4n) is 3.70. The van der Waals surface area contributed by atoms with Crippen LogP contribution in [0.4, 0.5) is 0 Å². The van der Waals surface area contributed by atoms with E-state index >= 15 is 0 Å². The van der Waals surface area contributed by atoms with E-state index in [-0.39, 0.29) is 0 Å². The van der Waals surface area contributed by atoms with Gasteiger partial charge in [0, 0.05) is 18.6 Å². The topological polar surface area (TPSA) is 15.3 Å². The van der Waals surface area contributed by atoms with Gasteiger partial charge in [-0.1, -0.05) is 27.2 Å². The van der Waals surface area contributed by atoms with E-state index in [1.165, 1.54) is 58.2 Å². The number of rotatable bonds is 4. The summed E-state index contributed by atoms with van der Waals surface area (Å²) in [7, 11) is 0. The number of nitrogens with one attached hydrogen (secondary N) is 1. The van der Waals surface area contributed by atoms with E-state index in [1.807, 2.05) is 0 Å². The Bertz CT molecular complexity index is 237. The molecule has 1 N–H and O–H groups in total. The van der Waals surface area contributed by atoms with Gasteiger partial charge in [-0.15, -0.1) is 0 Å². The molecule has 2 heteroatoms. The van der Waals surface area contributed by atoms with Crippen LogP contribution in [0.15, 0.2) is 0 Å². The SMILES string of the molecule is CCCNC1CCCC1N1CCCC(C)(C)C1. The fourth-order valence-corrected chi connectivity index (χ4v) is 3.70. The standard InChI is InChI=1S/C15H30N2/c1-4-10-16-13-7-5-8-14(13)17-11-6-9-15(2,3)12-17/h13-14,16H,4-12H2,1-3H3. The molecule has 1 heterocycles. The van der Waals surface area contributed by atoms with Crippen molar-refractivity contribution in [1.82, 2.24) is 10.2 Å². The Morgan fingerprint density at radius 3 is 2.76 bits per heavy atom. The lowest BCUT2D eigenvalue weighted by Gasteiger charge is -2.43. The van der Waals surface area contributed by atoms with E-state index < -0.39 is 0 Å². The largest absolute Gasteiger partial charge is 0.312 e. The van der Waals surface area contributed by atoms with Gasteiger partial charge in [0.25, 0.3) is 0 Å². The molecule has 0 amide bonds. The van der Waals surface area contributed by atoms with Crippen LogP contribution in [-0.4, -0.2) is 36.6 Å². The molecule has 1 saturated heterocycles. The van der Waals surface area contributed by atoms with Crippen molar-refractivity contribution in [1.29, 1.82) is 0 Å². The second-order valence-corrected chi connectivity index (χ2v) is 6.80. The molecule has 0 spiro atoms. The molecule has 0 aromatic carbocycles. The maximum atomic E-state index is 3.76. The van der Waals surface area contributed by atoms with Gasteiger partial charge in [0.2, 0.25) is 0 Å². The summed E-state index contributed by atoms with van der Waals surface area (Å²) in [5.41, 5.74) is 0.538. The molecule has 2 atom stereocenters. The van der Waals surface area contributed by atoms with Crippen molar-refractivity contribution >= 4 is 0 Å². The van der Waals surface area contributed by atoms with Crippen molar-refractivity contribution < 1.29 is 0 Å². The normalized spacial score (nSPS) is 34.1. The molecule has 1 aliphatic carbocycles. The number of hydrogen-bond acceptors (Lipinski definition) is 2. The Morgan fingerprint density at radius 2 is 2.06 bits per heavy atom. The molecule has 0 aromatic rings. The van der Waals surface area contributed by atoms with Gasteiger partial charge >= 0.3 is 0 Å². The molecule has 1 saturated carbocycles. The van der Waals surface area contributed by atoms with Crippen molar-refractivity contribution in [2.45, 2.75) is 71.4 Å². The van der Waals surface area contributed by atoms with Crippen LogP contribution in [0.1, 0.15) is 59.3 Å². The lowest BCUT2D eigenvalue weighted by atomic mass is 9.83. The maximum absolute atomic E-state index is 3.76. The Labute approximate surface area is 107 Å². The Balaban J connectivity index is 1.91. The van der Waals surface area contributed by atoms with Crippen LogP contribution < -0.4 is 5.32 Å². The number of piperidine rings is 1. The van der Waals surface area contributed by atoms with Gasteiger partial charge in [0.05, 0.1) is 0 Å². The lowest BCUT2D eigenvalue weighted by molar-refractivity contribution is 0.0691. The molecular formula is C15H30N2. The van der Waals surface area contributed by atoms with Crippen LogP contribution in [0.25, 0.3) is 0 Å². The molecule has 17 heavy (non-hydrogen) atoms.